The molecule has 0 unspecified atom stereocenters. The average molecular weight is 476 g/mol. The van der Waals surface area contributed by atoms with Gasteiger partial charge < -0.3 is 24.3 Å². The molecule has 1 atom stereocenters. The van der Waals surface area contributed by atoms with Gasteiger partial charge in [-0.25, -0.2) is 0 Å². The van der Waals surface area contributed by atoms with Crippen molar-refractivity contribution in [2.75, 3.05) is 13.7 Å². The molecule has 2 amide bonds. The summed E-state index contributed by atoms with van der Waals surface area (Å²) >= 11 is 0. The normalized spacial score (nSPS) is 20.2. The van der Waals surface area contributed by atoms with Gasteiger partial charge in [0.15, 0.2) is 0 Å². The van der Waals surface area contributed by atoms with Crippen LogP contribution in [0.15, 0.2) is 48.5 Å². The number of nitrogens with zero attached hydrogens (tertiary/aromatic N) is 2. The summed E-state index contributed by atoms with van der Waals surface area (Å²) in [4.78, 5) is 29.5. The molecule has 2 aromatic carbocycles. The number of benzene rings is 2. The van der Waals surface area contributed by atoms with Crippen molar-refractivity contribution in [1.29, 1.82) is 0 Å². The molecule has 0 saturated heterocycles. The third kappa shape index (κ3) is 4.24. The predicted molar refractivity (Wildman–Crippen MR) is 135 cm³/mol. The highest BCUT2D eigenvalue weighted by atomic mass is 16.5. The van der Waals surface area contributed by atoms with E-state index in [1.807, 2.05) is 66.9 Å². The number of rotatable bonds is 7. The first-order chi connectivity index (χ1) is 16.9. The maximum atomic E-state index is 13.9. The van der Waals surface area contributed by atoms with Crippen molar-refractivity contribution in [3.63, 3.8) is 0 Å². The van der Waals surface area contributed by atoms with Crippen LogP contribution < -0.4 is 14.8 Å². The molecule has 7 heteroatoms. The molecule has 0 bridgehead atoms. The molecule has 7 nitrogen and oxygen atoms in total. The molecule has 5 rings (SSSR count). The summed E-state index contributed by atoms with van der Waals surface area (Å²) in [5.74, 6) is 1.26. The van der Waals surface area contributed by atoms with E-state index in [1.165, 1.54) is 0 Å². The van der Waals surface area contributed by atoms with E-state index in [-0.39, 0.29) is 17.9 Å². The maximum absolute atomic E-state index is 13.9. The minimum absolute atomic E-state index is 0.0981. The predicted octanol–water partition coefficient (Wildman–Crippen LogP) is 4.52. The molecule has 2 heterocycles. The number of fused-ring (bicyclic) bond motifs is 3. The highest BCUT2D eigenvalue weighted by Gasteiger charge is 2.48. The van der Waals surface area contributed by atoms with Crippen LogP contribution in [0, 0.1) is 0 Å². The molecule has 1 fully saturated rings. The van der Waals surface area contributed by atoms with E-state index >= 15 is 0 Å². The summed E-state index contributed by atoms with van der Waals surface area (Å²) in [5, 5.41) is 4.21. The van der Waals surface area contributed by atoms with Gasteiger partial charge in [-0.05, 0) is 62.6 Å². The van der Waals surface area contributed by atoms with Gasteiger partial charge in [-0.2, -0.15) is 0 Å². The van der Waals surface area contributed by atoms with Gasteiger partial charge in [0.1, 0.15) is 22.7 Å². The topological polar surface area (TPSA) is 72.8 Å². The molecule has 184 valence electrons. The highest BCUT2D eigenvalue weighted by Crippen LogP contribution is 2.35. The first kappa shape index (κ1) is 23.3. The van der Waals surface area contributed by atoms with Crippen LogP contribution in [0.25, 0.3) is 10.9 Å². The Morgan fingerprint density at radius 2 is 1.80 bits per heavy atom. The monoisotopic (exact) mass is 475 g/mol. The number of nitrogens with one attached hydrogen (secondary N) is 1. The number of carbonyl (C=O) groups excluding carboxylic acids is 2. The Hall–Kier alpha value is -3.48. The lowest BCUT2D eigenvalue weighted by molar-refractivity contribution is -0.133. The van der Waals surface area contributed by atoms with Gasteiger partial charge in [0, 0.05) is 24.0 Å². The van der Waals surface area contributed by atoms with Crippen molar-refractivity contribution < 1.29 is 19.1 Å². The van der Waals surface area contributed by atoms with Crippen LogP contribution in [-0.4, -0.2) is 46.6 Å². The van der Waals surface area contributed by atoms with Crippen LogP contribution in [0.3, 0.4) is 0 Å². The second-order valence-electron chi connectivity index (χ2n) is 9.74. The molecule has 3 aromatic rings. The minimum Gasteiger partial charge on any atom is -0.497 e. The number of hydrogen-bond donors (Lipinski definition) is 1. The van der Waals surface area contributed by atoms with E-state index in [9.17, 15) is 9.59 Å². The Bertz CT molecular complexity index is 1240. The quantitative estimate of drug-likeness (QED) is 0.545. The number of hydrogen-bond acceptors (Lipinski definition) is 4. The lowest BCUT2D eigenvalue weighted by Crippen LogP contribution is -2.64. The van der Waals surface area contributed by atoms with Gasteiger partial charge in [-0.1, -0.05) is 25.0 Å². The molecule has 35 heavy (non-hydrogen) atoms. The van der Waals surface area contributed by atoms with Crippen molar-refractivity contribution in [2.45, 2.75) is 64.2 Å². The zero-order chi connectivity index (χ0) is 24.6. The Labute approximate surface area is 206 Å². The van der Waals surface area contributed by atoms with E-state index in [0.717, 1.165) is 53.6 Å². The molecule has 1 aromatic heterocycles. The van der Waals surface area contributed by atoms with E-state index in [4.69, 9.17) is 9.47 Å². The van der Waals surface area contributed by atoms with Crippen molar-refractivity contribution in [2.24, 2.45) is 0 Å². The largest absolute Gasteiger partial charge is 0.497 e. The second-order valence-corrected chi connectivity index (χ2v) is 9.74. The summed E-state index contributed by atoms with van der Waals surface area (Å²) in [7, 11) is 1.63. The summed E-state index contributed by atoms with van der Waals surface area (Å²) in [6.45, 7) is 5.14. The van der Waals surface area contributed by atoms with E-state index in [2.05, 4.69) is 5.32 Å². The summed E-state index contributed by atoms with van der Waals surface area (Å²) in [5.41, 5.74) is 1.40. The van der Waals surface area contributed by atoms with Crippen LogP contribution in [0.4, 0.5) is 0 Å². The molecule has 0 radical (unpaired) electrons. The zero-order valence-electron chi connectivity index (χ0n) is 20.7. The van der Waals surface area contributed by atoms with Gasteiger partial charge in [-0.15, -0.1) is 0 Å². The summed E-state index contributed by atoms with van der Waals surface area (Å²) < 4.78 is 13.0. The Balaban J connectivity index is 1.54. The van der Waals surface area contributed by atoms with E-state index in [1.54, 1.807) is 12.0 Å². The number of amides is 2. The van der Waals surface area contributed by atoms with E-state index < -0.39 is 5.54 Å². The fourth-order valence-electron chi connectivity index (χ4n) is 5.36. The van der Waals surface area contributed by atoms with Crippen LogP contribution in [-0.2, 0) is 17.9 Å². The second kappa shape index (κ2) is 9.29. The van der Waals surface area contributed by atoms with Crippen molar-refractivity contribution in [3.05, 3.63) is 59.8 Å². The number of carbonyl (C=O) groups is 2. The SMILES string of the molecule is CCOc1ccc(CN2C(=O)c3cc4ccc(OC)cc4n3C[C@]2(C)C(=O)NC2CCCC2)cc1. The van der Waals surface area contributed by atoms with Crippen molar-refractivity contribution in [1.82, 2.24) is 14.8 Å². The average Bonchev–Trinajstić information content (AvgIpc) is 3.50. The lowest BCUT2D eigenvalue weighted by Gasteiger charge is -2.44. The van der Waals surface area contributed by atoms with Crippen LogP contribution in [0.1, 0.15) is 55.6 Å². The molecule has 0 spiro atoms. The highest BCUT2D eigenvalue weighted by molar-refractivity contribution is 6.03. The molecule has 2 aliphatic rings. The van der Waals surface area contributed by atoms with E-state index in [0.29, 0.717) is 25.4 Å². The first-order valence-corrected chi connectivity index (χ1v) is 12.4. The lowest BCUT2D eigenvalue weighted by atomic mass is 9.93. The Morgan fingerprint density at radius 1 is 1.09 bits per heavy atom. The summed E-state index contributed by atoms with van der Waals surface area (Å²) in [6, 6.07) is 15.6. The molecular formula is C28H33N3O4. The summed E-state index contributed by atoms with van der Waals surface area (Å²) in [6.07, 6.45) is 4.23. The number of ether oxygens (including phenoxy) is 2. The Morgan fingerprint density at radius 3 is 2.49 bits per heavy atom. The molecule has 1 saturated carbocycles. The van der Waals surface area contributed by atoms with Gasteiger partial charge >= 0.3 is 0 Å². The van der Waals surface area contributed by atoms with Crippen LogP contribution >= 0.6 is 0 Å². The first-order valence-electron chi connectivity index (χ1n) is 12.4. The molecule has 1 N–H and O–H groups in total. The molecule has 1 aliphatic carbocycles. The maximum Gasteiger partial charge on any atom is 0.271 e. The van der Waals surface area contributed by atoms with Crippen molar-refractivity contribution in [3.8, 4) is 11.5 Å². The molecular weight excluding hydrogens is 442 g/mol. The van der Waals surface area contributed by atoms with Crippen LogP contribution in [0.5, 0.6) is 11.5 Å². The smallest absolute Gasteiger partial charge is 0.271 e. The number of aromatic nitrogens is 1. The third-order valence-electron chi connectivity index (χ3n) is 7.39. The molecule has 1 aliphatic heterocycles. The number of methoxy groups -OCH3 is 1. The fraction of sp³-hybridized carbons (Fsp3) is 0.429. The Kier molecular flexibility index (Phi) is 6.17. The van der Waals surface area contributed by atoms with Crippen molar-refractivity contribution >= 4 is 22.7 Å². The van der Waals surface area contributed by atoms with Gasteiger partial charge in [0.2, 0.25) is 5.91 Å². The standard InChI is InChI=1S/C28H33N3O4/c1-4-35-22-12-9-19(10-13-22)17-31-26(32)25-15-20-11-14-23(34-3)16-24(20)30(25)18-28(31,2)27(33)29-21-7-5-6-8-21/h9-16,21H,4-8,17-18H2,1-3H3,(H,29,33)/t28-/m1/s1. The minimum atomic E-state index is -1.04. The fourth-order valence-corrected chi connectivity index (χ4v) is 5.36. The van der Waals surface area contributed by atoms with Gasteiger partial charge in [0.05, 0.1) is 25.8 Å². The third-order valence-corrected chi connectivity index (χ3v) is 7.39. The van der Waals surface area contributed by atoms with Crippen LogP contribution in [0.2, 0.25) is 0 Å². The van der Waals surface area contributed by atoms with Gasteiger partial charge in [-0.3, -0.25) is 9.59 Å². The van der Waals surface area contributed by atoms with Gasteiger partial charge in [0.25, 0.3) is 5.91 Å². The zero-order valence-corrected chi connectivity index (χ0v) is 20.7.